The van der Waals surface area contributed by atoms with Crippen LogP contribution in [0.4, 0.5) is 0 Å². The molecule has 4 nitrogen and oxygen atoms in total. The number of hydrogen-bond acceptors (Lipinski definition) is 4. The number of carbonyl (C=O) groups excluding carboxylic acids is 2. The molecule has 0 radical (unpaired) electrons. The van der Waals surface area contributed by atoms with E-state index in [4.69, 9.17) is 4.74 Å². The molecule has 4 heteroatoms. The van der Waals surface area contributed by atoms with Crippen molar-refractivity contribution in [1.82, 2.24) is 6.15 Å². The largest absolute Gasteiger partial charge is 0.389 e. The lowest BCUT2D eigenvalue weighted by atomic mass is 9.87. The van der Waals surface area contributed by atoms with Gasteiger partial charge in [0.25, 0.3) is 0 Å². The molecule has 0 aliphatic heterocycles. The molecule has 0 saturated heterocycles. The van der Waals surface area contributed by atoms with Crippen molar-refractivity contribution in [1.29, 1.82) is 0 Å². The third kappa shape index (κ3) is 11.2. The fraction of sp³-hybridized carbons (Fsp3) is 0.765. The van der Waals surface area contributed by atoms with E-state index in [9.17, 15) is 9.59 Å². The van der Waals surface area contributed by atoms with Crippen LogP contribution in [0, 0.1) is 5.41 Å². The number of unbranched alkanes of at least 4 members (excludes halogenated alkanes) is 7. The number of esters is 2. The zero-order chi connectivity index (χ0) is 15.4. The molecule has 0 saturated carbocycles. The highest BCUT2D eigenvalue weighted by Gasteiger charge is 2.30. The summed E-state index contributed by atoms with van der Waals surface area (Å²) in [7, 11) is 0. The van der Waals surface area contributed by atoms with E-state index in [1.807, 2.05) is 13.8 Å². The second kappa shape index (κ2) is 12.6. The lowest BCUT2D eigenvalue weighted by molar-refractivity contribution is -0.163. The third-order valence-corrected chi connectivity index (χ3v) is 3.57. The molecule has 0 heterocycles. The van der Waals surface area contributed by atoms with E-state index in [-0.39, 0.29) is 6.15 Å². The molecule has 0 aromatic carbocycles. The molecule has 124 valence electrons. The van der Waals surface area contributed by atoms with Crippen molar-refractivity contribution < 1.29 is 14.3 Å². The highest BCUT2D eigenvalue weighted by atomic mass is 16.6. The lowest BCUT2D eigenvalue weighted by Crippen LogP contribution is -2.28. The molecule has 0 aromatic heterocycles. The molecular weight excluding hydrogens is 266 g/mol. The van der Waals surface area contributed by atoms with Crippen molar-refractivity contribution in [2.45, 2.75) is 78.6 Å². The molecule has 3 N–H and O–H groups in total. The van der Waals surface area contributed by atoms with E-state index in [2.05, 4.69) is 13.5 Å². The van der Waals surface area contributed by atoms with Gasteiger partial charge in [0.2, 0.25) is 0 Å². The summed E-state index contributed by atoms with van der Waals surface area (Å²) in [5.74, 6) is -1.12. The van der Waals surface area contributed by atoms with E-state index < -0.39 is 17.4 Å². The van der Waals surface area contributed by atoms with Crippen LogP contribution in [0.15, 0.2) is 12.7 Å². The van der Waals surface area contributed by atoms with Crippen LogP contribution in [-0.2, 0) is 14.3 Å². The Morgan fingerprint density at radius 2 is 1.48 bits per heavy atom. The van der Waals surface area contributed by atoms with Gasteiger partial charge < -0.3 is 10.9 Å². The summed E-state index contributed by atoms with van der Waals surface area (Å²) in [6.45, 7) is 9.16. The van der Waals surface area contributed by atoms with Gasteiger partial charge in [-0.2, -0.15) is 0 Å². The smallest absolute Gasteiger partial charge is 0.337 e. The Morgan fingerprint density at radius 3 is 1.95 bits per heavy atom. The van der Waals surface area contributed by atoms with Crippen molar-refractivity contribution >= 4 is 11.9 Å². The maximum atomic E-state index is 11.8. The quantitative estimate of drug-likeness (QED) is 0.253. The van der Waals surface area contributed by atoms with E-state index >= 15 is 0 Å². The summed E-state index contributed by atoms with van der Waals surface area (Å²) in [5, 5.41) is 0. The minimum absolute atomic E-state index is 0. The fourth-order valence-corrected chi connectivity index (χ4v) is 2.07. The summed E-state index contributed by atoms with van der Waals surface area (Å²) >= 11 is 0. The molecule has 0 atom stereocenters. The molecular formula is C17H33NO3. The standard InChI is InChI=1S/C17H30O3.H3N/c1-5-7-8-9-10-11-12-13-14-17(3,4)16(19)20-15(18)6-2;/h6H,2,5,7-14H2,1,3-4H3;1H3. The van der Waals surface area contributed by atoms with Gasteiger partial charge in [0.1, 0.15) is 0 Å². The monoisotopic (exact) mass is 299 g/mol. The minimum atomic E-state index is -0.668. The van der Waals surface area contributed by atoms with Crippen molar-refractivity contribution in [3.05, 3.63) is 12.7 Å². The maximum Gasteiger partial charge on any atom is 0.337 e. The molecule has 21 heavy (non-hydrogen) atoms. The molecule has 0 spiro atoms. The first-order valence-corrected chi connectivity index (χ1v) is 7.82. The Kier molecular flexibility index (Phi) is 13.2. The highest BCUT2D eigenvalue weighted by molar-refractivity contribution is 5.93. The van der Waals surface area contributed by atoms with Crippen molar-refractivity contribution in [3.63, 3.8) is 0 Å². The zero-order valence-electron chi connectivity index (χ0n) is 14.1. The predicted octanol–water partition coefficient (Wildman–Crippen LogP) is 4.96. The van der Waals surface area contributed by atoms with Crippen LogP contribution in [0.1, 0.15) is 78.6 Å². The summed E-state index contributed by atoms with van der Waals surface area (Å²) in [6.07, 6.45) is 11.7. The molecule has 0 fully saturated rings. The SMILES string of the molecule is C=CC(=O)OC(=O)C(C)(C)CCCCCCCCCC.N. The third-order valence-electron chi connectivity index (χ3n) is 3.57. The fourth-order valence-electron chi connectivity index (χ4n) is 2.07. The number of rotatable bonds is 11. The summed E-state index contributed by atoms with van der Waals surface area (Å²) in [5.41, 5.74) is -0.596. The first-order valence-electron chi connectivity index (χ1n) is 7.82. The van der Waals surface area contributed by atoms with Crippen molar-refractivity contribution in [3.8, 4) is 0 Å². The van der Waals surface area contributed by atoms with Gasteiger partial charge in [0, 0.05) is 6.08 Å². The molecule has 0 aromatic rings. The van der Waals surface area contributed by atoms with Crippen molar-refractivity contribution in [2.75, 3.05) is 0 Å². The van der Waals surface area contributed by atoms with Gasteiger partial charge in [-0.05, 0) is 20.3 Å². The Labute approximate surface area is 129 Å². The van der Waals surface area contributed by atoms with E-state index in [0.717, 1.165) is 25.3 Å². The summed E-state index contributed by atoms with van der Waals surface area (Å²) < 4.78 is 4.69. The second-order valence-corrected chi connectivity index (χ2v) is 6.02. The topological polar surface area (TPSA) is 78.4 Å². The second-order valence-electron chi connectivity index (χ2n) is 6.02. The predicted molar refractivity (Wildman–Crippen MR) is 87.3 cm³/mol. The minimum Gasteiger partial charge on any atom is -0.389 e. The molecule has 0 aliphatic carbocycles. The van der Waals surface area contributed by atoms with Crippen LogP contribution in [-0.4, -0.2) is 11.9 Å². The van der Waals surface area contributed by atoms with Crippen molar-refractivity contribution in [2.24, 2.45) is 5.41 Å². The first-order chi connectivity index (χ1) is 9.44. The Bertz CT molecular complexity index is 311. The van der Waals surface area contributed by atoms with Crippen LogP contribution in [0.25, 0.3) is 0 Å². The molecule has 0 rings (SSSR count). The van der Waals surface area contributed by atoms with Gasteiger partial charge in [0.15, 0.2) is 0 Å². The number of carbonyl (C=O) groups is 2. The van der Waals surface area contributed by atoms with Crippen LogP contribution in [0.5, 0.6) is 0 Å². The van der Waals surface area contributed by atoms with Gasteiger partial charge in [-0.15, -0.1) is 0 Å². The van der Waals surface area contributed by atoms with Gasteiger partial charge >= 0.3 is 11.9 Å². The Morgan fingerprint density at radius 1 is 1.00 bits per heavy atom. The molecule has 0 bridgehead atoms. The highest BCUT2D eigenvalue weighted by Crippen LogP contribution is 2.26. The molecule has 0 unspecified atom stereocenters. The summed E-state index contributed by atoms with van der Waals surface area (Å²) in [4.78, 5) is 22.8. The van der Waals surface area contributed by atoms with E-state index in [0.29, 0.717) is 0 Å². The normalized spacial score (nSPS) is 10.6. The van der Waals surface area contributed by atoms with E-state index in [1.54, 1.807) is 0 Å². The van der Waals surface area contributed by atoms with Crippen LogP contribution >= 0.6 is 0 Å². The van der Waals surface area contributed by atoms with E-state index in [1.165, 1.54) is 38.5 Å². The number of ether oxygens (including phenoxy) is 1. The number of hydrogen-bond donors (Lipinski definition) is 1. The molecule has 0 amide bonds. The maximum absolute atomic E-state index is 11.8. The average Bonchev–Trinajstić information content (AvgIpc) is 2.41. The van der Waals surface area contributed by atoms with Gasteiger partial charge in [0.05, 0.1) is 5.41 Å². The summed E-state index contributed by atoms with van der Waals surface area (Å²) in [6, 6.07) is 0. The first kappa shape index (κ1) is 22.1. The van der Waals surface area contributed by atoms with Crippen LogP contribution in [0.3, 0.4) is 0 Å². The van der Waals surface area contributed by atoms with Gasteiger partial charge in [-0.1, -0.05) is 64.9 Å². The van der Waals surface area contributed by atoms with Crippen LogP contribution < -0.4 is 6.15 Å². The lowest BCUT2D eigenvalue weighted by Gasteiger charge is -2.21. The Hall–Kier alpha value is -1.16. The zero-order valence-corrected chi connectivity index (χ0v) is 14.1. The molecule has 0 aliphatic rings. The van der Waals surface area contributed by atoms with Gasteiger partial charge in [-0.3, -0.25) is 4.79 Å². The van der Waals surface area contributed by atoms with Gasteiger partial charge in [-0.25, -0.2) is 4.79 Å². The van der Waals surface area contributed by atoms with Crippen LogP contribution in [0.2, 0.25) is 0 Å². The Balaban J connectivity index is 0. The average molecular weight is 299 g/mol.